The van der Waals surface area contributed by atoms with Crippen LogP contribution in [0.2, 0.25) is 0 Å². The fourth-order valence-electron chi connectivity index (χ4n) is 2.02. The minimum atomic E-state index is -3.14. The summed E-state index contributed by atoms with van der Waals surface area (Å²) in [5, 5.41) is 2.02. The van der Waals surface area contributed by atoms with E-state index >= 15 is 0 Å². The van der Waals surface area contributed by atoms with E-state index in [0.29, 0.717) is 5.56 Å². The van der Waals surface area contributed by atoms with Gasteiger partial charge in [-0.15, -0.1) is 0 Å². The van der Waals surface area contributed by atoms with Gasteiger partial charge in [0.1, 0.15) is 5.75 Å². The van der Waals surface area contributed by atoms with Crippen LogP contribution in [0.4, 0.5) is 13.6 Å². The van der Waals surface area contributed by atoms with E-state index in [0.717, 1.165) is 6.26 Å². The van der Waals surface area contributed by atoms with E-state index in [1.165, 1.54) is 11.0 Å². The van der Waals surface area contributed by atoms with E-state index in [1.54, 1.807) is 18.2 Å². The van der Waals surface area contributed by atoms with Gasteiger partial charge in [0.25, 0.3) is 0 Å². The number of likely N-dealkylation sites (tertiary alicyclic amines) is 1. The number of urea groups is 1. The maximum absolute atomic E-state index is 12.3. The number of sulfone groups is 1. The van der Waals surface area contributed by atoms with Crippen LogP contribution in [0.25, 0.3) is 0 Å². The molecule has 1 aliphatic rings. The molecule has 0 radical (unpaired) electrons. The molecule has 2 rings (SSSR count). The number of nitrogens with zero attached hydrogens (tertiary/aromatic N) is 1. The quantitative estimate of drug-likeness (QED) is 0.879. The molecule has 0 unspecified atom stereocenters. The summed E-state index contributed by atoms with van der Waals surface area (Å²) in [5.41, 5.74) is 0.413. The highest BCUT2D eigenvalue weighted by Gasteiger charge is 2.37. The summed E-state index contributed by atoms with van der Waals surface area (Å²) in [6.07, 6.45) is 1.13. The summed E-state index contributed by atoms with van der Waals surface area (Å²) in [5.74, 6) is -0.00424. The van der Waals surface area contributed by atoms with Gasteiger partial charge in [-0.3, -0.25) is 0 Å². The lowest BCUT2D eigenvalue weighted by Gasteiger charge is -2.37. The Kier molecular flexibility index (Phi) is 4.84. The topological polar surface area (TPSA) is 75.7 Å². The zero-order valence-corrected chi connectivity index (χ0v) is 12.6. The van der Waals surface area contributed by atoms with E-state index in [1.807, 2.05) is 0 Å². The number of rotatable bonds is 5. The van der Waals surface area contributed by atoms with Crippen molar-refractivity contribution in [1.82, 2.24) is 10.2 Å². The second-order valence-electron chi connectivity index (χ2n) is 5.00. The summed E-state index contributed by atoms with van der Waals surface area (Å²) >= 11 is 0. The number of amides is 2. The van der Waals surface area contributed by atoms with Crippen molar-refractivity contribution in [3.63, 3.8) is 0 Å². The number of carbonyl (C=O) groups excluding carboxylic acids is 1. The molecule has 9 heteroatoms. The normalized spacial score (nSPS) is 15.5. The van der Waals surface area contributed by atoms with Crippen LogP contribution in [0.1, 0.15) is 5.56 Å². The second-order valence-corrected chi connectivity index (χ2v) is 7.33. The lowest BCUT2D eigenvalue weighted by atomic mass is 10.2. The molecule has 1 heterocycles. The summed E-state index contributed by atoms with van der Waals surface area (Å²) in [4.78, 5) is 13.2. The van der Waals surface area contributed by atoms with E-state index in [4.69, 9.17) is 0 Å². The first-order valence-corrected chi connectivity index (χ1v) is 8.47. The summed E-state index contributed by atoms with van der Waals surface area (Å²) in [7, 11) is -3.14. The van der Waals surface area contributed by atoms with Crippen molar-refractivity contribution in [1.29, 1.82) is 0 Å². The largest absolute Gasteiger partial charge is 0.434 e. The van der Waals surface area contributed by atoms with Crippen LogP contribution in [0, 0.1) is 0 Å². The SMILES string of the molecule is CS(=O)(=O)C1CN(C(=O)NCc2ccccc2OC(F)F)C1. The van der Waals surface area contributed by atoms with Crippen LogP contribution in [-0.2, 0) is 16.4 Å². The van der Waals surface area contributed by atoms with Gasteiger partial charge in [0.15, 0.2) is 9.84 Å². The Bertz CT molecular complexity index is 645. The molecule has 0 saturated carbocycles. The average Bonchev–Trinajstić information content (AvgIpc) is 2.33. The van der Waals surface area contributed by atoms with Crippen LogP contribution >= 0.6 is 0 Å². The molecule has 0 aromatic heterocycles. The molecular formula is C13H16F2N2O4S. The van der Waals surface area contributed by atoms with Crippen molar-refractivity contribution in [3.05, 3.63) is 29.8 Å². The van der Waals surface area contributed by atoms with Crippen molar-refractivity contribution in [2.75, 3.05) is 19.3 Å². The molecule has 1 fully saturated rings. The molecule has 0 atom stereocenters. The van der Waals surface area contributed by atoms with Gasteiger partial charge in [-0.25, -0.2) is 13.2 Å². The number of hydrogen-bond acceptors (Lipinski definition) is 4. The summed E-state index contributed by atoms with van der Waals surface area (Å²) in [6, 6.07) is 5.70. The van der Waals surface area contributed by atoms with Crippen LogP contribution < -0.4 is 10.1 Å². The molecule has 1 aromatic rings. The van der Waals surface area contributed by atoms with Gasteiger partial charge in [-0.1, -0.05) is 18.2 Å². The van der Waals surface area contributed by atoms with E-state index in [-0.39, 0.29) is 25.4 Å². The van der Waals surface area contributed by atoms with Gasteiger partial charge < -0.3 is 15.0 Å². The smallest absolute Gasteiger partial charge is 0.387 e. The van der Waals surface area contributed by atoms with Gasteiger partial charge in [0.05, 0.1) is 5.25 Å². The highest BCUT2D eigenvalue weighted by molar-refractivity contribution is 7.91. The highest BCUT2D eigenvalue weighted by Crippen LogP contribution is 2.20. The second kappa shape index (κ2) is 6.47. The van der Waals surface area contributed by atoms with Crippen molar-refractivity contribution < 1.29 is 26.7 Å². The van der Waals surface area contributed by atoms with Crippen LogP contribution in [-0.4, -0.2) is 50.6 Å². The first-order valence-electron chi connectivity index (χ1n) is 6.51. The molecule has 1 aromatic carbocycles. The number of para-hydroxylation sites is 1. The molecule has 0 spiro atoms. The fourth-order valence-corrected chi connectivity index (χ4v) is 2.92. The zero-order valence-electron chi connectivity index (χ0n) is 11.8. The number of benzene rings is 1. The van der Waals surface area contributed by atoms with Crippen molar-refractivity contribution in [3.8, 4) is 5.75 Å². The average molecular weight is 334 g/mol. The monoisotopic (exact) mass is 334 g/mol. The van der Waals surface area contributed by atoms with Crippen molar-refractivity contribution in [2.24, 2.45) is 0 Å². The Morgan fingerprint density at radius 3 is 2.64 bits per heavy atom. The molecule has 2 amide bonds. The van der Waals surface area contributed by atoms with Gasteiger partial charge >= 0.3 is 12.6 Å². The van der Waals surface area contributed by atoms with E-state index in [9.17, 15) is 22.0 Å². The van der Waals surface area contributed by atoms with Gasteiger partial charge in [-0.2, -0.15) is 8.78 Å². The van der Waals surface area contributed by atoms with Gasteiger partial charge in [0.2, 0.25) is 0 Å². The van der Waals surface area contributed by atoms with Gasteiger partial charge in [0, 0.05) is 31.5 Å². The first-order chi connectivity index (χ1) is 10.3. The number of carbonyl (C=O) groups is 1. The molecule has 1 saturated heterocycles. The van der Waals surface area contributed by atoms with E-state index < -0.39 is 27.7 Å². The van der Waals surface area contributed by atoms with Crippen LogP contribution in [0.3, 0.4) is 0 Å². The molecule has 0 bridgehead atoms. The Morgan fingerprint density at radius 1 is 1.41 bits per heavy atom. The Hall–Kier alpha value is -1.90. The maximum atomic E-state index is 12.3. The molecule has 22 heavy (non-hydrogen) atoms. The first kappa shape index (κ1) is 16.5. The maximum Gasteiger partial charge on any atom is 0.387 e. The Morgan fingerprint density at radius 2 is 2.05 bits per heavy atom. The van der Waals surface area contributed by atoms with Crippen molar-refractivity contribution >= 4 is 15.9 Å². The number of ether oxygens (including phenoxy) is 1. The van der Waals surface area contributed by atoms with Crippen LogP contribution in [0.15, 0.2) is 24.3 Å². The predicted molar refractivity (Wildman–Crippen MR) is 75.5 cm³/mol. The van der Waals surface area contributed by atoms with Gasteiger partial charge in [-0.05, 0) is 6.07 Å². The third-order valence-electron chi connectivity index (χ3n) is 3.36. The third kappa shape index (κ3) is 4.06. The predicted octanol–water partition coefficient (Wildman–Crippen LogP) is 1.23. The fraction of sp³-hybridized carbons (Fsp3) is 0.462. The molecule has 0 aliphatic carbocycles. The standard InChI is InChI=1S/C13H16F2N2O4S/c1-22(19,20)10-7-17(8-10)13(18)16-6-9-4-2-3-5-11(9)21-12(14)15/h2-5,10,12H,6-8H2,1H3,(H,16,18). The molecule has 6 nitrogen and oxygen atoms in total. The summed E-state index contributed by atoms with van der Waals surface area (Å²) < 4.78 is 51.4. The number of alkyl halides is 2. The molecule has 122 valence electrons. The zero-order chi connectivity index (χ0) is 16.3. The number of nitrogens with one attached hydrogen (secondary N) is 1. The minimum absolute atomic E-state index is 0.00424. The number of halogens is 2. The Labute approximate surface area is 127 Å². The lowest BCUT2D eigenvalue weighted by molar-refractivity contribution is -0.0504. The highest BCUT2D eigenvalue weighted by atomic mass is 32.2. The van der Waals surface area contributed by atoms with E-state index in [2.05, 4.69) is 10.1 Å². The number of hydrogen-bond donors (Lipinski definition) is 1. The van der Waals surface area contributed by atoms with Crippen molar-refractivity contribution in [2.45, 2.75) is 18.4 Å². The molecule has 1 N–H and O–H groups in total. The summed E-state index contributed by atoms with van der Waals surface area (Å²) in [6.45, 7) is -2.65. The Balaban J connectivity index is 1.88. The molecular weight excluding hydrogens is 318 g/mol. The lowest BCUT2D eigenvalue weighted by Crippen LogP contribution is -2.59. The van der Waals surface area contributed by atoms with Crippen LogP contribution in [0.5, 0.6) is 5.75 Å². The third-order valence-corrected chi connectivity index (χ3v) is 4.87. The minimum Gasteiger partial charge on any atom is -0.434 e. The molecule has 1 aliphatic heterocycles.